The largest absolute Gasteiger partial charge is 0.380 e. The van der Waals surface area contributed by atoms with E-state index in [1.807, 2.05) is 19.1 Å². The third kappa shape index (κ3) is 2.49. The van der Waals surface area contributed by atoms with Crippen molar-refractivity contribution in [1.82, 2.24) is 24.1 Å². The second kappa shape index (κ2) is 6.13. The molecule has 30 heavy (non-hydrogen) atoms. The van der Waals surface area contributed by atoms with E-state index in [0.29, 0.717) is 41.0 Å². The predicted molar refractivity (Wildman–Crippen MR) is 107 cm³/mol. The third-order valence-electron chi connectivity index (χ3n) is 5.91. The Morgan fingerprint density at radius 3 is 2.83 bits per heavy atom. The Balaban J connectivity index is 1.64. The SMILES string of the molecule is CC1CCC(n2c(=O)c3c(-c4noc(C5(O)CC5)n4)ncn3c3cccc(Cl)c32)O1. The third-order valence-corrected chi connectivity index (χ3v) is 6.22. The van der Waals surface area contributed by atoms with E-state index in [-0.39, 0.29) is 23.4 Å². The molecule has 2 unspecified atom stereocenters. The van der Waals surface area contributed by atoms with Gasteiger partial charge in [0.2, 0.25) is 5.82 Å². The molecule has 0 spiro atoms. The van der Waals surface area contributed by atoms with Gasteiger partial charge < -0.3 is 14.4 Å². The monoisotopic (exact) mass is 427 g/mol. The molecule has 2 fully saturated rings. The van der Waals surface area contributed by atoms with Crippen molar-refractivity contribution >= 4 is 28.2 Å². The van der Waals surface area contributed by atoms with E-state index in [1.165, 1.54) is 0 Å². The number of imidazole rings is 1. The van der Waals surface area contributed by atoms with Crippen LogP contribution in [0.4, 0.5) is 0 Å². The van der Waals surface area contributed by atoms with Crippen LogP contribution in [0.1, 0.15) is 44.7 Å². The molecule has 4 aromatic rings. The minimum absolute atomic E-state index is 0.0547. The number of hydrogen-bond donors (Lipinski definition) is 1. The van der Waals surface area contributed by atoms with Crippen molar-refractivity contribution in [2.75, 3.05) is 0 Å². The van der Waals surface area contributed by atoms with Crippen molar-refractivity contribution in [3.05, 3.63) is 45.8 Å². The molecule has 0 radical (unpaired) electrons. The van der Waals surface area contributed by atoms with E-state index >= 15 is 0 Å². The number of benzene rings is 1. The van der Waals surface area contributed by atoms with Crippen LogP contribution in [0.3, 0.4) is 0 Å². The van der Waals surface area contributed by atoms with E-state index < -0.39 is 11.8 Å². The average molecular weight is 428 g/mol. The Morgan fingerprint density at radius 1 is 1.27 bits per heavy atom. The number of aromatic nitrogens is 5. The highest BCUT2D eigenvalue weighted by Gasteiger charge is 2.48. The first-order valence-electron chi connectivity index (χ1n) is 9.88. The number of rotatable bonds is 3. The lowest BCUT2D eigenvalue weighted by Gasteiger charge is -2.19. The second-order valence-electron chi connectivity index (χ2n) is 8.03. The fourth-order valence-electron chi connectivity index (χ4n) is 4.14. The van der Waals surface area contributed by atoms with E-state index in [4.69, 9.17) is 20.9 Å². The van der Waals surface area contributed by atoms with Crippen LogP contribution >= 0.6 is 11.6 Å². The van der Waals surface area contributed by atoms with Gasteiger partial charge in [-0.25, -0.2) is 4.98 Å². The van der Waals surface area contributed by atoms with Gasteiger partial charge in [-0.2, -0.15) is 4.98 Å². The summed E-state index contributed by atoms with van der Waals surface area (Å²) < 4.78 is 14.5. The number of fused-ring (bicyclic) bond motifs is 3. The van der Waals surface area contributed by atoms with Gasteiger partial charge in [0.05, 0.1) is 22.2 Å². The van der Waals surface area contributed by atoms with Crippen LogP contribution in [-0.4, -0.2) is 35.3 Å². The molecule has 3 aromatic heterocycles. The summed E-state index contributed by atoms with van der Waals surface area (Å²) in [6, 6.07) is 5.46. The molecule has 1 aromatic carbocycles. The van der Waals surface area contributed by atoms with Gasteiger partial charge in [0.1, 0.15) is 29.4 Å². The molecule has 9 nitrogen and oxygen atoms in total. The summed E-state index contributed by atoms with van der Waals surface area (Å²) in [4.78, 5) is 22.4. The van der Waals surface area contributed by atoms with Gasteiger partial charge in [-0.3, -0.25) is 13.8 Å². The number of nitrogens with zero attached hydrogens (tertiary/aromatic N) is 5. The second-order valence-corrected chi connectivity index (χ2v) is 8.44. The van der Waals surface area contributed by atoms with Crippen LogP contribution in [0, 0.1) is 0 Å². The van der Waals surface area contributed by atoms with E-state index in [0.717, 1.165) is 11.9 Å². The van der Waals surface area contributed by atoms with Crippen LogP contribution in [0.15, 0.2) is 33.8 Å². The average Bonchev–Trinajstić information content (AvgIpc) is 3.15. The quantitative estimate of drug-likeness (QED) is 0.535. The highest BCUT2D eigenvalue weighted by atomic mass is 35.5. The number of hydrogen-bond acceptors (Lipinski definition) is 7. The smallest absolute Gasteiger partial charge is 0.279 e. The Bertz CT molecular complexity index is 1370. The topological polar surface area (TPSA) is 108 Å². The molecule has 4 heterocycles. The zero-order valence-corrected chi connectivity index (χ0v) is 16.8. The Labute approximate surface area is 174 Å². The summed E-state index contributed by atoms with van der Waals surface area (Å²) in [7, 11) is 0. The normalized spacial score (nSPS) is 22.9. The maximum atomic E-state index is 13.7. The van der Waals surface area contributed by atoms with Crippen LogP contribution in [0.5, 0.6) is 0 Å². The van der Waals surface area contributed by atoms with Crippen molar-refractivity contribution in [3.63, 3.8) is 0 Å². The van der Waals surface area contributed by atoms with Gasteiger partial charge in [0.15, 0.2) is 0 Å². The van der Waals surface area contributed by atoms with Crippen molar-refractivity contribution in [2.24, 2.45) is 0 Å². The van der Waals surface area contributed by atoms with Gasteiger partial charge >= 0.3 is 0 Å². The highest BCUT2D eigenvalue weighted by molar-refractivity contribution is 6.35. The molecular weight excluding hydrogens is 410 g/mol. The van der Waals surface area contributed by atoms with Gasteiger partial charge in [-0.1, -0.05) is 22.8 Å². The molecule has 0 bridgehead atoms. The fourth-order valence-corrected chi connectivity index (χ4v) is 4.40. The van der Waals surface area contributed by atoms with Crippen molar-refractivity contribution < 1.29 is 14.4 Å². The summed E-state index contributed by atoms with van der Waals surface area (Å²) >= 11 is 6.52. The van der Waals surface area contributed by atoms with E-state index in [1.54, 1.807) is 21.4 Å². The molecule has 6 rings (SSSR count). The summed E-state index contributed by atoms with van der Waals surface area (Å²) in [6.07, 6.45) is 3.90. The zero-order valence-electron chi connectivity index (χ0n) is 16.1. The molecule has 1 saturated carbocycles. The maximum absolute atomic E-state index is 13.7. The van der Waals surface area contributed by atoms with Crippen LogP contribution < -0.4 is 5.56 Å². The first kappa shape index (κ1) is 18.1. The van der Waals surface area contributed by atoms with Crippen LogP contribution in [0.25, 0.3) is 28.1 Å². The minimum Gasteiger partial charge on any atom is -0.380 e. The highest BCUT2D eigenvalue weighted by Crippen LogP contribution is 2.44. The molecular formula is C20H18ClN5O4. The number of para-hydroxylation sites is 1. The molecule has 1 aliphatic carbocycles. The first-order chi connectivity index (χ1) is 14.5. The molecule has 2 atom stereocenters. The lowest BCUT2D eigenvalue weighted by molar-refractivity contribution is 0.0118. The minimum atomic E-state index is -1.06. The van der Waals surface area contributed by atoms with Gasteiger partial charge in [-0.15, -0.1) is 0 Å². The number of halogens is 1. The fraction of sp³-hybridized carbons (Fsp3) is 0.400. The molecule has 1 aliphatic heterocycles. The van der Waals surface area contributed by atoms with Crippen LogP contribution in [-0.2, 0) is 10.3 Å². The number of aliphatic hydroxyl groups is 1. The predicted octanol–water partition coefficient (Wildman–Crippen LogP) is 3.03. The van der Waals surface area contributed by atoms with Crippen molar-refractivity contribution in [2.45, 2.75) is 50.5 Å². The molecule has 1 N–H and O–H groups in total. The van der Waals surface area contributed by atoms with Gasteiger partial charge in [-0.05, 0) is 44.7 Å². The Hall–Kier alpha value is -2.75. The first-order valence-corrected chi connectivity index (χ1v) is 10.3. The molecule has 2 aliphatic rings. The molecule has 1 saturated heterocycles. The maximum Gasteiger partial charge on any atom is 0.279 e. The van der Waals surface area contributed by atoms with Gasteiger partial charge in [0, 0.05) is 0 Å². The number of ether oxygens (including phenoxy) is 1. The molecule has 0 amide bonds. The summed E-state index contributed by atoms with van der Waals surface area (Å²) in [5, 5.41) is 14.7. The molecule has 154 valence electrons. The zero-order chi connectivity index (χ0) is 20.6. The lowest BCUT2D eigenvalue weighted by Crippen LogP contribution is -2.27. The molecule has 10 heteroatoms. The van der Waals surface area contributed by atoms with Crippen molar-refractivity contribution in [1.29, 1.82) is 0 Å². The Morgan fingerprint density at radius 2 is 2.10 bits per heavy atom. The Kier molecular flexibility index (Phi) is 3.69. The lowest BCUT2D eigenvalue weighted by atomic mass is 10.2. The van der Waals surface area contributed by atoms with Crippen molar-refractivity contribution in [3.8, 4) is 11.5 Å². The standard InChI is InChI=1S/C20H18ClN5O4/c1-10-5-6-13(29-10)26-15-11(21)3-2-4-12(15)25-9-22-14(16(25)18(26)27)17-23-19(30-24-17)20(28)7-8-20/h2-4,9-10,13,28H,5-8H2,1H3. The van der Waals surface area contributed by atoms with Crippen LogP contribution in [0.2, 0.25) is 5.02 Å². The van der Waals surface area contributed by atoms with E-state index in [9.17, 15) is 9.90 Å². The van der Waals surface area contributed by atoms with E-state index in [2.05, 4.69) is 15.1 Å². The summed E-state index contributed by atoms with van der Waals surface area (Å²) in [5.41, 5.74) is 0.571. The van der Waals surface area contributed by atoms with Gasteiger partial charge in [0.25, 0.3) is 11.4 Å². The summed E-state index contributed by atoms with van der Waals surface area (Å²) in [6.45, 7) is 1.99. The summed E-state index contributed by atoms with van der Waals surface area (Å²) in [5.74, 6) is 0.314.